The van der Waals surface area contributed by atoms with Gasteiger partial charge in [-0.3, -0.25) is 0 Å². The van der Waals surface area contributed by atoms with E-state index in [1.165, 1.54) is 42.6 Å². The Bertz CT molecular complexity index is 1500. The largest absolute Gasteiger partial charge is 0.504 e. The molecule has 5 rings (SSSR count). The van der Waals surface area contributed by atoms with Crippen molar-refractivity contribution in [3.63, 3.8) is 0 Å². The van der Waals surface area contributed by atoms with Gasteiger partial charge in [-0.1, -0.05) is 92.6 Å². The molecular weight excluding hydrogens is 638 g/mol. The second-order valence-electron chi connectivity index (χ2n) is 12.6. The van der Waals surface area contributed by atoms with E-state index in [-0.39, 0.29) is 23.9 Å². The van der Waals surface area contributed by atoms with Gasteiger partial charge >= 0.3 is 0 Å². The third-order valence-electron chi connectivity index (χ3n) is 9.07. The molecule has 0 radical (unpaired) electrons. The van der Waals surface area contributed by atoms with Crippen LogP contribution in [0.1, 0.15) is 73.3 Å². The van der Waals surface area contributed by atoms with Crippen LogP contribution >= 0.6 is 24.2 Å². The summed E-state index contributed by atoms with van der Waals surface area (Å²) in [6.45, 7) is 5.56. The molecule has 4 aromatic rings. The average molecular weight is 690 g/mol. The highest BCUT2D eigenvalue weighted by molar-refractivity contribution is 7.99. The number of thioether (sulfide) groups is 1. The number of unbranched alkanes of at least 4 members (excludes halogenated alkanes) is 3. The first-order chi connectivity index (χ1) is 23.1. The SMILES string of the molecule is CCCN(CCCCCCSCCc1ccc(OCc2ccccc2)c(OCc2ccccc2)c1)[C@H]1CCc2c(ccc(O)c2O)C1.Cl. The van der Waals surface area contributed by atoms with Gasteiger partial charge in [0.25, 0.3) is 0 Å². The van der Waals surface area contributed by atoms with Gasteiger partial charge in [0.15, 0.2) is 23.0 Å². The highest BCUT2D eigenvalue weighted by Crippen LogP contribution is 2.37. The molecule has 2 N–H and O–H groups in total. The molecule has 48 heavy (non-hydrogen) atoms. The van der Waals surface area contributed by atoms with Gasteiger partial charge in [-0.25, -0.2) is 0 Å². The van der Waals surface area contributed by atoms with Crippen LogP contribution in [0.25, 0.3) is 0 Å². The van der Waals surface area contributed by atoms with E-state index in [1.807, 2.05) is 54.2 Å². The number of hydrogen-bond acceptors (Lipinski definition) is 6. The summed E-state index contributed by atoms with van der Waals surface area (Å²) in [5.74, 6) is 3.97. The van der Waals surface area contributed by atoms with Crippen molar-refractivity contribution in [2.24, 2.45) is 0 Å². The van der Waals surface area contributed by atoms with Crippen molar-refractivity contribution in [3.8, 4) is 23.0 Å². The van der Waals surface area contributed by atoms with E-state index in [4.69, 9.17) is 9.47 Å². The summed E-state index contributed by atoms with van der Waals surface area (Å²) < 4.78 is 12.5. The fourth-order valence-corrected chi connectivity index (χ4v) is 7.45. The summed E-state index contributed by atoms with van der Waals surface area (Å²) in [6, 6.07) is 31.1. The summed E-state index contributed by atoms with van der Waals surface area (Å²) in [6.07, 6.45) is 10.1. The van der Waals surface area contributed by atoms with Crippen LogP contribution in [0, 0.1) is 0 Å². The zero-order valence-electron chi connectivity index (χ0n) is 28.3. The third kappa shape index (κ3) is 11.4. The molecule has 1 atom stereocenters. The van der Waals surface area contributed by atoms with Crippen LogP contribution in [-0.4, -0.2) is 45.8 Å². The number of aromatic hydroxyl groups is 2. The standard InChI is InChI=1S/C41H51NO4S.ClH/c1-2-24-42(36-19-20-37-35(29-36)18-21-38(43)41(37)44)25-11-3-4-12-26-47-27-23-32-17-22-39(45-30-33-13-7-5-8-14-33)40(28-32)46-31-34-15-9-6-10-16-34;/h5-10,13-18,21-22,28,36,43-44H,2-4,11-12,19-20,23-27,29-31H2,1H3;1H/t36-;/m0./s1. The Morgan fingerprint density at radius 2 is 1.42 bits per heavy atom. The van der Waals surface area contributed by atoms with Crippen molar-refractivity contribution >= 4 is 24.2 Å². The number of aryl methyl sites for hydroxylation is 1. The van der Waals surface area contributed by atoms with Crippen molar-refractivity contribution in [1.82, 2.24) is 4.90 Å². The Labute approximate surface area is 298 Å². The molecule has 0 spiro atoms. The Kier molecular flexibility index (Phi) is 15.8. The predicted octanol–water partition coefficient (Wildman–Crippen LogP) is 9.78. The van der Waals surface area contributed by atoms with Crippen molar-refractivity contribution < 1.29 is 19.7 Å². The number of rotatable bonds is 19. The molecule has 0 amide bonds. The molecule has 0 aromatic heterocycles. The monoisotopic (exact) mass is 689 g/mol. The smallest absolute Gasteiger partial charge is 0.161 e. The lowest BCUT2D eigenvalue weighted by atomic mass is 9.86. The van der Waals surface area contributed by atoms with Gasteiger partial charge in [0.1, 0.15) is 13.2 Å². The lowest BCUT2D eigenvalue weighted by Crippen LogP contribution is -2.40. The maximum atomic E-state index is 10.3. The zero-order chi connectivity index (χ0) is 32.7. The van der Waals surface area contributed by atoms with Gasteiger partial charge in [0.05, 0.1) is 0 Å². The van der Waals surface area contributed by atoms with Gasteiger partial charge < -0.3 is 24.6 Å². The van der Waals surface area contributed by atoms with E-state index < -0.39 is 0 Å². The Balaban J connectivity index is 0.00000520. The Morgan fingerprint density at radius 1 is 0.729 bits per heavy atom. The molecule has 0 saturated carbocycles. The molecular formula is C41H52ClNO4S. The Hall–Kier alpha value is -3.32. The fourth-order valence-electron chi connectivity index (χ4n) is 6.45. The summed E-state index contributed by atoms with van der Waals surface area (Å²) in [7, 11) is 0. The molecule has 0 unspecified atom stereocenters. The quantitative estimate of drug-likeness (QED) is 0.0755. The summed E-state index contributed by atoms with van der Waals surface area (Å²) in [5, 5.41) is 20.1. The molecule has 258 valence electrons. The van der Waals surface area contributed by atoms with E-state index in [0.717, 1.165) is 79.1 Å². The average Bonchev–Trinajstić information content (AvgIpc) is 3.11. The molecule has 0 bridgehead atoms. The van der Waals surface area contributed by atoms with Crippen molar-refractivity contribution in [1.29, 1.82) is 0 Å². The molecule has 0 aliphatic heterocycles. The second-order valence-corrected chi connectivity index (χ2v) is 13.8. The van der Waals surface area contributed by atoms with Crippen LogP contribution in [-0.2, 0) is 32.5 Å². The number of ether oxygens (including phenoxy) is 2. The maximum Gasteiger partial charge on any atom is 0.161 e. The van der Waals surface area contributed by atoms with Crippen LogP contribution in [0.2, 0.25) is 0 Å². The molecule has 0 fully saturated rings. The number of fused-ring (bicyclic) bond motifs is 1. The number of benzene rings is 4. The molecule has 1 aliphatic carbocycles. The van der Waals surface area contributed by atoms with Crippen LogP contribution in [0.3, 0.4) is 0 Å². The second kappa shape index (κ2) is 20.3. The normalized spacial score (nSPS) is 13.9. The summed E-state index contributed by atoms with van der Waals surface area (Å²) >= 11 is 2.05. The molecule has 0 heterocycles. The van der Waals surface area contributed by atoms with E-state index in [9.17, 15) is 10.2 Å². The van der Waals surface area contributed by atoms with Crippen molar-refractivity contribution in [2.75, 3.05) is 24.6 Å². The maximum absolute atomic E-state index is 10.3. The van der Waals surface area contributed by atoms with Gasteiger partial charge in [0.2, 0.25) is 0 Å². The topological polar surface area (TPSA) is 62.2 Å². The molecule has 1 aliphatic rings. The van der Waals surface area contributed by atoms with E-state index >= 15 is 0 Å². The first-order valence-corrected chi connectivity index (χ1v) is 18.6. The van der Waals surface area contributed by atoms with Gasteiger partial charge in [0, 0.05) is 11.6 Å². The van der Waals surface area contributed by atoms with Gasteiger partial charge in [-0.2, -0.15) is 11.8 Å². The van der Waals surface area contributed by atoms with Gasteiger partial charge in [-0.05, 0) is 110 Å². The van der Waals surface area contributed by atoms with Gasteiger partial charge in [-0.15, -0.1) is 12.4 Å². The highest BCUT2D eigenvalue weighted by atomic mass is 35.5. The number of nitrogens with zero attached hydrogens (tertiary/aromatic N) is 1. The van der Waals surface area contributed by atoms with Crippen LogP contribution in [0.15, 0.2) is 91.0 Å². The number of phenolic OH excluding ortho intramolecular Hbond substituents is 2. The predicted molar refractivity (Wildman–Crippen MR) is 202 cm³/mol. The molecule has 0 saturated heterocycles. The number of phenols is 2. The first-order valence-electron chi connectivity index (χ1n) is 17.4. The zero-order valence-corrected chi connectivity index (χ0v) is 30.0. The van der Waals surface area contributed by atoms with E-state index in [1.54, 1.807) is 6.07 Å². The van der Waals surface area contributed by atoms with E-state index in [2.05, 4.69) is 54.3 Å². The molecule has 5 nitrogen and oxygen atoms in total. The first kappa shape index (κ1) is 37.5. The summed E-state index contributed by atoms with van der Waals surface area (Å²) in [5.41, 5.74) is 5.69. The third-order valence-corrected chi connectivity index (χ3v) is 10.1. The lowest BCUT2D eigenvalue weighted by molar-refractivity contribution is 0.175. The van der Waals surface area contributed by atoms with Crippen LogP contribution in [0.4, 0.5) is 0 Å². The van der Waals surface area contributed by atoms with Crippen molar-refractivity contribution in [3.05, 3.63) is 119 Å². The highest BCUT2D eigenvalue weighted by Gasteiger charge is 2.26. The van der Waals surface area contributed by atoms with Crippen LogP contribution in [0.5, 0.6) is 23.0 Å². The minimum atomic E-state index is 0. The molecule has 4 aromatic carbocycles. The summed E-state index contributed by atoms with van der Waals surface area (Å²) in [4.78, 5) is 2.66. The van der Waals surface area contributed by atoms with Crippen molar-refractivity contribution in [2.45, 2.75) is 84.0 Å². The van der Waals surface area contributed by atoms with Crippen LogP contribution < -0.4 is 9.47 Å². The minimum Gasteiger partial charge on any atom is -0.504 e. The lowest BCUT2D eigenvalue weighted by Gasteiger charge is -2.35. The number of hydrogen-bond donors (Lipinski definition) is 2. The Morgan fingerprint density at radius 3 is 2.12 bits per heavy atom. The molecule has 7 heteroatoms. The minimum absolute atomic E-state index is 0. The number of halogens is 1. The fraction of sp³-hybridized carbons (Fsp3) is 0.415. The van der Waals surface area contributed by atoms with E-state index in [0.29, 0.717) is 19.3 Å².